The van der Waals surface area contributed by atoms with Crippen LogP contribution in [0.25, 0.3) is 10.6 Å². The van der Waals surface area contributed by atoms with Crippen molar-refractivity contribution in [2.75, 3.05) is 12.4 Å². The monoisotopic (exact) mass is 311 g/mol. The van der Waals surface area contributed by atoms with Crippen molar-refractivity contribution in [1.82, 2.24) is 10.2 Å². The van der Waals surface area contributed by atoms with E-state index in [0.717, 1.165) is 21.4 Å². The largest absolute Gasteiger partial charge is 0.465 e. The molecule has 1 aromatic heterocycles. The summed E-state index contributed by atoms with van der Waals surface area (Å²) < 4.78 is 4.68. The van der Waals surface area contributed by atoms with Gasteiger partial charge in [-0.05, 0) is 24.3 Å². The zero-order chi connectivity index (χ0) is 15.4. The number of para-hydroxylation sites is 1. The van der Waals surface area contributed by atoms with E-state index < -0.39 is 0 Å². The number of carbonyl (C=O) groups is 1. The van der Waals surface area contributed by atoms with E-state index >= 15 is 0 Å². The summed E-state index contributed by atoms with van der Waals surface area (Å²) in [6.45, 7) is 0. The lowest BCUT2D eigenvalue weighted by Gasteiger charge is -2.00. The van der Waals surface area contributed by atoms with Crippen LogP contribution in [0.5, 0.6) is 0 Å². The van der Waals surface area contributed by atoms with Crippen molar-refractivity contribution < 1.29 is 9.53 Å². The average molecular weight is 311 g/mol. The Labute approximate surface area is 131 Å². The van der Waals surface area contributed by atoms with Gasteiger partial charge in [-0.2, -0.15) is 0 Å². The SMILES string of the molecule is COC(=O)c1ccc(-c2nnc(Nc3ccccc3)s2)cc1. The Hall–Kier alpha value is -2.73. The summed E-state index contributed by atoms with van der Waals surface area (Å²) >= 11 is 1.45. The van der Waals surface area contributed by atoms with E-state index in [1.54, 1.807) is 12.1 Å². The molecule has 0 aliphatic heterocycles. The van der Waals surface area contributed by atoms with E-state index in [9.17, 15) is 4.79 Å². The Morgan fingerprint density at radius 3 is 2.45 bits per heavy atom. The van der Waals surface area contributed by atoms with Gasteiger partial charge < -0.3 is 10.1 Å². The Morgan fingerprint density at radius 1 is 1.05 bits per heavy atom. The van der Waals surface area contributed by atoms with E-state index in [1.165, 1.54) is 18.4 Å². The van der Waals surface area contributed by atoms with Crippen molar-refractivity contribution in [2.45, 2.75) is 0 Å². The average Bonchev–Trinajstić information content (AvgIpc) is 3.04. The van der Waals surface area contributed by atoms with Gasteiger partial charge in [-0.25, -0.2) is 4.79 Å². The fourth-order valence-corrected chi connectivity index (χ4v) is 2.67. The van der Waals surface area contributed by atoms with Crippen LogP contribution in [-0.4, -0.2) is 23.3 Å². The molecule has 0 saturated heterocycles. The van der Waals surface area contributed by atoms with Crippen LogP contribution in [0, 0.1) is 0 Å². The van der Waals surface area contributed by atoms with E-state index in [0.29, 0.717) is 5.56 Å². The first-order chi connectivity index (χ1) is 10.8. The summed E-state index contributed by atoms with van der Waals surface area (Å²) in [6, 6.07) is 16.9. The Morgan fingerprint density at radius 2 is 1.77 bits per heavy atom. The number of ether oxygens (including phenoxy) is 1. The van der Waals surface area contributed by atoms with Crippen molar-refractivity contribution >= 4 is 28.1 Å². The lowest BCUT2D eigenvalue weighted by Crippen LogP contribution is -2.00. The van der Waals surface area contributed by atoms with Gasteiger partial charge in [0.2, 0.25) is 5.13 Å². The number of rotatable bonds is 4. The number of nitrogens with zero attached hydrogens (tertiary/aromatic N) is 2. The van der Waals surface area contributed by atoms with Crippen LogP contribution in [0.15, 0.2) is 54.6 Å². The molecule has 3 aromatic rings. The topological polar surface area (TPSA) is 64.1 Å². The molecule has 0 atom stereocenters. The quantitative estimate of drug-likeness (QED) is 0.744. The fraction of sp³-hybridized carbons (Fsp3) is 0.0625. The number of nitrogens with one attached hydrogen (secondary N) is 1. The van der Waals surface area contributed by atoms with Gasteiger partial charge in [0.15, 0.2) is 0 Å². The third kappa shape index (κ3) is 3.12. The van der Waals surface area contributed by atoms with Gasteiger partial charge in [-0.15, -0.1) is 10.2 Å². The first kappa shape index (κ1) is 14.2. The number of benzene rings is 2. The molecule has 0 saturated carbocycles. The Bertz CT molecular complexity index is 770. The molecule has 0 unspecified atom stereocenters. The van der Waals surface area contributed by atoms with Gasteiger partial charge in [0.05, 0.1) is 12.7 Å². The van der Waals surface area contributed by atoms with Gasteiger partial charge in [-0.3, -0.25) is 0 Å². The molecule has 0 fully saturated rings. The second kappa shape index (κ2) is 6.36. The maximum atomic E-state index is 11.4. The van der Waals surface area contributed by atoms with E-state index in [-0.39, 0.29) is 5.97 Å². The maximum absolute atomic E-state index is 11.4. The second-order valence-electron chi connectivity index (χ2n) is 4.47. The second-order valence-corrected chi connectivity index (χ2v) is 5.45. The van der Waals surface area contributed by atoms with Crippen LogP contribution in [0.1, 0.15) is 10.4 Å². The van der Waals surface area contributed by atoms with Crippen LogP contribution in [0.4, 0.5) is 10.8 Å². The molecular weight excluding hydrogens is 298 g/mol. The molecule has 110 valence electrons. The van der Waals surface area contributed by atoms with Crippen molar-refractivity contribution in [3.05, 3.63) is 60.2 Å². The fourth-order valence-electron chi connectivity index (χ4n) is 1.90. The maximum Gasteiger partial charge on any atom is 0.337 e. The van der Waals surface area contributed by atoms with E-state index in [1.807, 2.05) is 42.5 Å². The van der Waals surface area contributed by atoms with Crippen LogP contribution in [0.3, 0.4) is 0 Å². The molecule has 0 spiro atoms. The van der Waals surface area contributed by atoms with Crippen molar-refractivity contribution in [2.24, 2.45) is 0 Å². The number of anilines is 2. The van der Waals surface area contributed by atoms with Gasteiger partial charge >= 0.3 is 5.97 Å². The summed E-state index contributed by atoms with van der Waals surface area (Å²) in [7, 11) is 1.36. The predicted octanol–water partition coefficient (Wildman–Crippen LogP) is 3.74. The molecule has 22 heavy (non-hydrogen) atoms. The standard InChI is InChI=1S/C16H13N3O2S/c1-21-15(20)12-9-7-11(8-10-12)14-18-19-16(22-14)17-13-5-3-2-4-6-13/h2-10H,1H3,(H,17,19). The summed E-state index contributed by atoms with van der Waals surface area (Å²) in [4.78, 5) is 11.4. The highest BCUT2D eigenvalue weighted by molar-refractivity contribution is 7.18. The summed E-state index contributed by atoms with van der Waals surface area (Å²) in [5.74, 6) is -0.352. The van der Waals surface area contributed by atoms with Crippen molar-refractivity contribution in [3.8, 4) is 10.6 Å². The molecule has 2 aromatic carbocycles. The molecule has 3 rings (SSSR count). The first-order valence-corrected chi connectivity index (χ1v) is 7.42. The molecule has 0 aliphatic rings. The van der Waals surface area contributed by atoms with Crippen LogP contribution in [0.2, 0.25) is 0 Å². The predicted molar refractivity (Wildman–Crippen MR) is 86.4 cm³/mol. The molecule has 1 N–H and O–H groups in total. The van der Waals surface area contributed by atoms with E-state index in [2.05, 4.69) is 20.3 Å². The Balaban J connectivity index is 1.77. The highest BCUT2D eigenvalue weighted by atomic mass is 32.1. The number of methoxy groups -OCH3 is 1. The molecule has 6 heteroatoms. The van der Waals surface area contributed by atoms with Crippen LogP contribution >= 0.6 is 11.3 Å². The number of hydrogen-bond donors (Lipinski definition) is 1. The minimum absolute atomic E-state index is 0.352. The van der Waals surface area contributed by atoms with Crippen LogP contribution < -0.4 is 5.32 Å². The van der Waals surface area contributed by atoms with Crippen molar-refractivity contribution in [3.63, 3.8) is 0 Å². The molecule has 0 aliphatic carbocycles. The number of hydrogen-bond acceptors (Lipinski definition) is 6. The number of carbonyl (C=O) groups excluding carboxylic acids is 1. The minimum atomic E-state index is -0.352. The highest BCUT2D eigenvalue weighted by Gasteiger charge is 2.09. The van der Waals surface area contributed by atoms with Gasteiger partial charge in [0, 0.05) is 11.3 Å². The third-order valence-corrected chi connectivity index (χ3v) is 3.89. The third-order valence-electron chi connectivity index (χ3n) is 3.00. The summed E-state index contributed by atoms with van der Waals surface area (Å²) in [5, 5.41) is 13.0. The first-order valence-electron chi connectivity index (χ1n) is 6.60. The van der Waals surface area contributed by atoms with Crippen molar-refractivity contribution in [1.29, 1.82) is 0 Å². The Kier molecular flexibility index (Phi) is 4.11. The molecular formula is C16H13N3O2S. The highest BCUT2D eigenvalue weighted by Crippen LogP contribution is 2.28. The van der Waals surface area contributed by atoms with Crippen LogP contribution in [-0.2, 0) is 4.74 Å². The number of esters is 1. The summed E-state index contributed by atoms with van der Waals surface area (Å²) in [6.07, 6.45) is 0. The normalized spacial score (nSPS) is 10.2. The summed E-state index contributed by atoms with van der Waals surface area (Å²) in [5.41, 5.74) is 2.39. The van der Waals surface area contributed by atoms with Gasteiger partial charge in [-0.1, -0.05) is 41.7 Å². The molecule has 0 radical (unpaired) electrons. The molecule has 0 bridgehead atoms. The number of aromatic nitrogens is 2. The zero-order valence-electron chi connectivity index (χ0n) is 11.8. The lowest BCUT2D eigenvalue weighted by atomic mass is 10.1. The minimum Gasteiger partial charge on any atom is -0.465 e. The van der Waals surface area contributed by atoms with Gasteiger partial charge in [0.25, 0.3) is 0 Å². The smallest absolute Gasteiger partial charge is 0.337 e. The lowest BCUT2D eigenvalue weighted by molar-refractivity contribution is 0.0601. The van der Waals surface area contributed by atoms with Gasteiger partial charge in [0.1, 0.15) is 5.01 Å². The molecule has 1 heterocycles. The molecule has 0 amide bonds. The zero-order valence-corrected chi connectivity index (χ0v) is 12.6. The molecule has 5 nitrogen and oxygen atoms in total. The van der Waals surface area contributed by atoms with E-state index in [4.69, 9.17) is 0 Å².